The molecule has 0 bridgehead atoms. The van der Waals surface area contributed by atoms with E-state index in [2.05, 4.69) is 95.1 Å². The molecule has 0 spiro atoms. The maximum Gasteiger partial charge on any atom is 0.228 e. The molecule has 4 atom stereocenters. The lowest BCUT2D eigenvalue weighted by molar-refractivity contribution is -0.139. The van der Waals surface area contributed by atoms with Crippen molar-refractivity contribution in [3.63, 3.8) is 0 Å². The molecule has 3 aromatic rings. The number of nitrogens with one attached hydrogen (secondary N) is 1. The Hall–Kier alpha value is -2.95. The van der Waals surface area contributed by atoms with Crippen LogP contribution < -0.4 is 5.32 Å². The lowest BCUT2D eigenvalue weighted by Gasteiger charge is -2.42. The number of benzene rings is 3. The normalized spacial score (nSPS) is 24.4. The summed E-state index contributed by atoms with van der Waals surface area (Å²) in [7, 11) is 1.74. The number of rotatable bonds is 7. The van der Waals surface area contributed by atoms with Crippen LogP contribution >= 0.6 is 0 Å². The molecule has 3 aromatic carbocycles. The Labute approximate surface area is 209 Å². The second kappa shape index (κ2) is 11.2. The second-order valence-corrected chi connectivity index (χ2v) is 9.95. The average molecular weight is 469 g/mol. The Morgan fingerprint density at radius 1 is 0.914 bits per heavy atom. The van der Waals surface area contributed by atoms with Crippen LogP contribution in [0.4, 0.5) is 0 Å². The van der Waals surface area contributed by atoms with E-state index in [1.165, 1.54) is 22.3 Å². The Kier molecular flexibility index (Phi) is 7.60. The van der Waals surface area contributed by atoms with Crippen LogP contribution in [-0.2, 0) is 16.0 Å². The Bertz CT molecular complexity index is 1100. The highest BCUT2D eigenvalue weighted by Gasteiger charge is 2.41. The van der Waals surface area contributed by atoms with E-state index in [0.29, 0.717) is 18.4 Å². The van der Waals surface area contributed by atoms with Gasteiger partial charge < -0.3 is 15.0 Å². The van der Waals surface area contributed by atoms with Crippen molar-refractivity contribution in [2.24, 2.45) is 5.92 Å². The molecule has 1 N–H and O–H groups in total. The standard InChI is InChI=1S/C31H36N2O2/c1-35-18-16-23-9-8-14-27(19-23)28-21-32-22-29(28)31(34)33-17-15-26(24-10-4-2-5-11-24)20-30(33)25-12-6-3-7-13-25/h2-14,19,26,28-30,32H,15-18,20-22H2,1H3/t26-,28-,29+,30+/m0/s1. The molecule has 182 valence electrons. The number of carbonyl (C=O) groups excluding carboxylic acids is 1. The second-order valence-electron chi connectivity index (χ2n) is 9.95. The van der Waals surface area contributed by atoms with Crippen molar-refractivity contribution < 1.29 is 9.53 Å². The fourth-order valence-electron chi connectivity index (χ4n) is 5.95. The zero-order chi connectivity index (χ0) is 24.0. The molecule has 2 aliphatic heterocycles. The summed E-state index contributed by atoms with van der Waals surface area (Å²) in [6, 6.07) is 30.2. The van der Waals surface area contributed by atoms with Crippen molar-refractivity contribution in [1.29, 1.82) is 0 Å². The molecule has 4 nitrogen and oxygen atoms in total. The summed E-state index contributed by atoms with van der Waals surface area (Å²) < 4.78 is 5.27. The first-order chi connectivity index (χ1) is 17.2. The lowest BCUT2D eigenvalue weighted by Crippen LogP contribution is -2.45. The van der Waals surface area contributed by atoms with Crippen molar-refractivity contribution >= 4 is 5.91 Å². The van der Waals surface area contributed by atoms with Gasteiger partial charge in [0.1, 0.15) is 0 Å². The van der Waals surface area contributed by atoms with E-state index in [9.17, 15) is 4.79 Å². The maximum atomic E-state index is 14.1. The van der Waals surface area contributed by atoms with Gasteiger partial charge in [0.05, 0.1) is 18.6 Å². The summed E-state index contributed by atoms with van der Waals surface area (Å²) in [5.41, 5.74) is 5.16. The molecule has 2 fully saturated rings. The van der Waals surface area contributed by atoms with E-state index in [1.807, 2.05) is 0 Å². The summed E-state index contributed by atoms with van der Waals surface area (Å²) in [4.78, 5) is 16.3. The molecule has 5 rings (SSSR count). The van der Waals surface area contributed by atoms with Gasteiger partial charge in [0.2, 0.25) is 5.91 Å². The number of carbonyl (C=O) groups is 1. The fourth-order valence-corrected chi connectivity index (χ4v) is 5.95. The van der Waals surface area contributed by atoms with Gasteiger partial charge >= 0.3 is 0 Å². The number of hydrogen-bond donors (Lipinski definition) is 1. The smallest absolute Gasteiger partial charge is 0.228 e. The first-order valence-electron chi connectivity index (χ1n) is 12.9. The Morgan fingerprint density at radius 3 is 2.37 bits per heavy atom. The van der Waals surface area contributed by atoms with Crippen LogP contribution in [0.2, 0.25) is 0 Å². The Morgan fingerprint density at radius 2 is 1.63 bits per heavy atom. The Balaban J connectivity index is 1.39. The van der Waals surface area contributed by atoms with Gasteiger partial charge in [0, 0.05) is 32.7 Å². The molecule has 4 heteroatoms. The predicted octanol–water partition coefficient (Wildman–Crippen LogP) is 5.33. The third-order valence-electron chi connectivity index (χ3n) is 7.85. The zero-order valence-electron chi connectivity index (χ0n) is 20.6. The van der Waals surface area contributed by atoms with Crippen LogP contribution in [0, 0.1) is 5.92 Å². The van der Waals surface area contributed by atoms with Crippen molar-refractivity contribution in [2.45, 2.75) is 37.1 Å². The van der Waals surface area contributed by atoms with Crippen molar-refractivity contribution in [3.8, 4) is 0 Å². The molecule has 0 radical (unpaired) electrons. The number of hydrogen-bond acceptors (Lipinski definition) is 3. The van der Waals surface area contributed by atoms with Crippen molar-refractivity contribution in [1.82, 2.24) is 10.2 Å². The summed E-state index contributed by atoms with van der Waals surface area (Å²) >= 11 is 0. The van der Waals surface area contributed by atoms with E-state index >= 15 is 0 Å². The number of likely N-dealkylation sites (tertiary alicyclic amines) is 1. The zero-order valence-corrected chi connectivity index (χ0v) is 20.6. The summed E-state index contributed by atoms with van der Waals surface area (Å²) in [6.07, 6.45) is 2.87. The summed E-state index contributed by atoms with van der Waals surface area (Å²) in [5, 5.41) is 3.52. The van der Waals surface area contributed by atoms with Crippen LogP contribution in [0.3, 0.4) is 0 Å². The first-order valence-corrected chi connectivity index (χ1v) is 12.9. The quantitative estimate of drug-likeness (QED) is 0.510. The van der Waals surface area contributed by atoms with Gasteiger partial charge in [0.15, 0.2) is 0 Å². The predicted molar refractivity (Wildman–Crippen MR) is 140 cm³/mol. The van der Waals surface area contributed by atoms with Gasteiger partial charge in [-0.15, -0.1) is 0 Å². The third kappa shape index (κ3) is 5.34. The van der Waals surface area contributed by atoms with Gasteiger partial charge in [-0.05, 0) is 47.4 Å². The molecule has 0 aliphatic carbocycles. The SMILES string of the molecule is COCCc1cccc([C@@H]2CNC[C@H]2C(=O)N2CC[C@H](c3ccccc3)C[C@@H]2c2ccccc2)c1. The van der Waals surface area contributed by atoms with E-state index in [0.717, 1.165) is 38.9 Å². The minimum absolute atomic E-state index is 0.0350. The highest BCUT2D eigenvalue weighted by molar-refractivity contribution is 5.81. The molecular formula is C31H36N2O2. The number of ether oxygens (including phenoxy) is 1. The monoisotopic (exact) mass is 468 g/mol. The molecule has 0 saturated carbocycles. The van der Waals surface area contributed by atoms with Crippen LogP contribution in [0.25, 0.3) is 0 Å². The minimum Gasteiger partial charge on any atom is -0.384 e. The van der Waals surface area contributed by atoms with E-state index in [1.54, 1.807) is 7.11 Å². The van der Waals surface area contributed by atoms with Gasteiger partial charge in [-0.2, -0.15) is 0 Å². The molecule has 2 saturated heterocycles. The molecular weight excluding hydrogens is 432 g/mol. The molecule has 0 unspecified atom stereocenters. The minimum atomic E-state index is -0.0350. The molecule has 35 heavy (non-hydrogen) atoms. The molecule has 1 amide bonds. The van der Waals surface area contributed by atoms with Crippen LogP contribution in [0.15, 0.2) is 84.9 Å². The van der Waals surface area contributed by atoms with Gasteiger partial charge in [-0.1, -0.05) is 84.9 Å². The molecule has 0 aromatic heterocycles. The number of methoxy groups -OCH3 is 1. The van der Waals surface area contributed by atoms with E-state index < -0.39 is 0 Å². The number of amides is 1. The van der Waals surface area contributed by atoms with E-state index in [4.69, 9.17) is 4.74 Å². The van der Waals surface area contributed by atoms with Crippen LogP contribution in [0.5, 0.6) is 0 Å². The maximum absolute atomic E-state index is 14.1. The van der Waals surface area contributed by atoms with Gasteiger partial charge in [0.25, 0.3) is 0 Å². The summed E-state index contributed by atoms with van der Waals surface area (Å²) in [5.74, 6) is 0.934. The van der Waals surface area contributed by atoms with Crippen LogP contribution in [0.1, 0.15) is 53.0 Å². The van der Waals surface area contributed by atoms with Gasteiger partial charge in [-0.25, -0.2) is 0 Å². The highest BCUT2D eigenvalue weighted by atomic mass is 16.5. The first kappa shape index (κ1) is 23.8. The summed E-state index contributed by atoms with van der Waals surface area (Å²) in [6.45, 7) is 3.10. The molecule has 2 aliphatic rings. The van der Waals surface area contributed by atoms with Crippen molar-refractivity contribution in [3.05, 3.63) is 107 Å². The van der Waals surface area contributed by atoms with E-state index in [-0.39, 0.29) is 17.9 Å². The molecule has 2 heterocycles. The van der Waals surface area contributed by atoms with Crippen LogP contribution in [-0.4, -0.2) is 44.2 Å². The number of nitrogens with zero attached hydrogens (tertiary/aromatic N) is 1. The number of piperidine rings is 1. The highest BCUT2D eigenvalue weighted by Crippen LogP contribution is 2.41. The average Bonchev–Trinajstić information content (AvgIpc) is 3.42. The lowest BCUT2D eigenvalue weighted by atomic mass is 9.81. The van der Waals surface area contributed by atoms with Crippen molar-refractivity contribution in [2.75, 3.05) is 33.4 Å². The largest absolute Gasteiger partial charge is 0.384 e. The topological polar surface area (TPSA) is 41.6 Å². The van der Waals surface area contributed by atoms with Gasteiger partial charge in [-0.3, -0.25) is 4.79 Å². The fraction of sp³-hybridized carbons (Fsp3) is 0.387. The third-order valence-corrected chi connectivity index (χ3v) is 7.85.